The molecule has 0 radical (unpaired) electrons. The van der Waals surface area contributed by atoms with Crippen molar-refractivity contribution in [2.45, 2.75) is 13.8 Å². The highest BCUT2D eigenvalue weighted by atomic mass is 16.5. The van der Waals surface area contributed by atoms with Crippen molar-refractivity contribution in [3.63, 3.8) is 0 Å². The van der Waals surface area contributed by atoms with Crippen molar-refractivity contribution in [1.82, 2.24) is 9.97 Å². The van der Waals surface area contributed by atoms with Gasteiger partial charge in [0.05, 0.1) is 30.1 Å². The number of anilines is 2. The standard InChI is InChI=1S/C15H16N4O3/c1-8-6-11(15(20)21)13(9(2)16)14(18-8)19-10-4-5-12(22-3)17-7-10/h4-7,16H,1-3H3,(H,18,19)(H,20,21). The first-order valence-electron chi connectivity index (χ1n) is 6.50. The number of nitrogens with one attached hydrogen (secondary N) is 2. The van der Waals surface area contributed by atoms with Crippen LogP contribution >= 0.6 is 0 Å². The molecule has 0 aliphatic rings. The van der Waals surface area contributed by atoms with Gasteiger partial charge in [-0.2, -0.15) is 0 Å². The lowest BCUT2D eigenvalue weighted by Gasteiger charge is -2.14. The molecular formula is C15H16N4O3. The molecule has 0 spiro atoms. The average Bonchev–Trinajstić information content (AvgIpc) is 2.47. The fourth-order valence-electron chi connectivity index (χ4n) is 2.02. The lowest BCUT2D eigenvalue weighted by Crippen LogP contribution is -2.12. The quantitative estimate of drug-likeness (QED) is 0.732. The van der Waals surface area contributed by atoms with Crippen molar-refractivity contribution >= 4 is 23.2 Å². The van der Waals surface area contributed by atoms with E-state index < -0.39 is 5.97 Å². The van der Waals surface area contributed by atoms with Crippen molar-refractivity contribution in [3.8, 4) is 5.88 Å². The summed E-state index contributed by atoms with van der Waals surface area (Å²) in [5, 5.41) is 20.2. The van der Waals surface area contributed by atoms with E-state index in [-0.39, 0.29) is 16.8 Å². The van der Waals surface area contributed by atoms with Crippen LogP contribution < -0.4 is 10.1 Å². The van der Waals surface area contributed by atoms with E-state index in [1.165, 1.54) is 20.1 Å². The summed E-state index contributed by atoms with van der Waals surface area (Å²) in [6.07, 6.45) is 1.55. The first-order valence-corrected chi connectivity index (χ1v) is 6.50. The normalized spacial score (nSPS) is 10.1. The number of ether oxygens (including phenoxy) is 1. The molecular weight excluding hydrogens is 284 g/mol. The number of methoxy groups -OCH3 is 1. The molecule has 0 unspecified atom stereocenters. The van der Waals surface area contributed by atoms with Gasteiger partial charge in [-0.15, -0.1) is 0 Å². The maximum Gasteiger partial charge on any atom is 0.336 e. The maximum absolute atomic E-state index is 11.4. The number of aryl methyl sites for hydroxylation is 1. The largest absolute Gasteiger partial charge is 0.481 e. The Morgan fingerprint density at radius 2 is 2.14 bits per heavy atom. The Labute approximate surface area is 127 Å². The summed E-state index contributed by atoms with van der Waals surface area (Å²) in [5.41, 5.74) is 1.59. The van der Waals surface area contributed by atoms with Gasteiger partial charge in [0.1, 0.15) is 5.82 Å². The number of aromatic nitrogens is 2. The van der Waals surface area contributed by atoms with Crippen molar-refractivity contribution < 1.29 is 14.6 Å². The number of hydrogen-bond donors (Lipinski definition) is 3. The Bertz CT molecular complexity index is 726. The summed E-state index contributed by atoms with van der Waals surface area (Å²) in [7, 11) is 1.52. The molecule has 2 aromatic heterocycles. The van der Waals surface area contributed by atoms with E-state index in [1.807, 2.05) is 0 Å². The van der Waals surface area contributed by atoms with Crippen LogP contribution in [0.25, 0.3) is 0 Å². The smallest absolute Gasteiger partial charge is 0.336 e. The number of pyridine rings is 2. The fraction of sp³-hybridized carbons (Fsp3) is 0.200. The third kappa shape index (κ3) is 3.20. The minimum absolute atomic E-state index is 0.0453. The van der Waals surface area contributed by atoms with Crippen LogP contribution in [0, 0.1) is 12.3 Å². The minimum Gasteiger partial charge on any atom is -0.481 e. The molecule has 2 aromatic rings. The molecule has 2 rings (SSSR count). The van der Waals surface area contributed by atoms with E-state index in [0.717, 1.165) is 0 Å². The summed E-state index contributed by atoms with van der Waals surface area (Å²) in [6, 6.07) is 4.86. The van der Waals surface area contributed by atoms with Crippen LogP contribution in [-0.4, -0.2) is 33.9 Å². The van der Waals surface area contributed by atoms with Gasteiger partial charge in [-0.05, 0) is 26.0 Å². The van der Waals surface area contributed by atoms with E-state index in [9.17, 15) is 9.90 Å². The van der Waals surface area contributed by atoms with E-state index in [0.29, 0.717) is 23.1 Å². The third-order valence-corrected chi connectivity index (χ3v) is 2.96. The summed E-state index contributed by atoms with van der Waals surface area (Å²) in [5.74, 6) is -0.308. The highest BCUT2D eigenvalue weighted by Crippen LogP contribution is 2.24. The van der Waals surface area contributed by atoms with Crippen LogP contribution in [0.4, 0.5) is 11.5 Å². The van der Waals surface area contributed by atoms with Gasteiger partial charge in [0, 0.05) is 17.5 Å². The van der Waals surface area contributed by atoms with Gasteiger partial charge in [-0.3, -0.25) is 0 Å². The lowest BCUT2D eigenvalue weighted by atomic mass is 10.0. The highest BCUT2D eigenvalue weighted by molar-refractivity contribution is 6.09. The second kappa shape index (κ2) is 6.21. The van der Waals surface area contributed by atoms with Crippen LogP contribution in [-0.2, 0) is 0 Å². The molecule has 0 bridgehead atoms. The molecule has 22 heavy (non-hydrogen) atoms. The predicted octanol–water partition coefficient (Wildman–Crippen LogP) is 2.62. The highest BCUT2D eigenvalue weighted by Gasteiger charge is 2.18. The molecule has 0 saturated heterocycles. The Morgan fingerprint density at radius 1 is 1.41 bits per heavy atom. The molecule has 0 aliphatic carbocycles. The molecule has 0 saturated carbocycles. The minimum atomic E-state index is -1.09. The molecule has 0 amide bonds. The zero-order valence-electron chi connectivity index (χ0n) is 12.5. The topological polar surface area (TPSA) is 108 Å². The molecule has 0 atom stereocenters. The van der Waals surface area contributed by atoms with Crippen LogP contribution in [0.1, 0.15) is 28.5 Å². The lowest BCUT2D eigenvalue weighted by molar-refractivity contribution is 0.0696. The van der Waals surface area contributed by atoms with Crippen LogP contribution in [0.15, 0.2) is 24.4 Å². The number of carbonyl (C=O) groups is 1. The number of rotatable bonds is 5. The molecule has 0 fully saturated rings. The van der Waals surface area contributed by atoms with Crippen LogP contribution in [0.2, 0.25) is 0 Å². The van der Waals surface area contributed by atoms with Crippen molar-refractivity contribution in [1.29, 1.82) is 5.41 Å². The maximum atomic E-state index is 11.4. The predicted molar refractivity (Wildman–Crippen MR) is 82.5 cm³/mol. The van der Waals surface area contributed by atoms with Gasteiger partial charge in [0.25, 0.3) is 0 Å². The van der Waals surface area contributed by atoms with E-state index in [1.54, 1.807) is 25.3 Å². The molecule has 7 nitrogen and oxygen atoms in total. The Morgan fingerprint density at radius 3 is 2.64 bits per heavy atom. The van der Waals surface area contributed by atoms with Crippen molar-refractivity contribution in [2.75, 3.05) is 12.4 Å². The monoisotopic (exact) mass is 300 g/mol. The average molecular weight is 300 g/mol. The number of nitrogens with zero attached hydrogens (tertiary/aromatic N) is 2. The van der Waals surface area contributed by atoms with Gasteiger partial charge in [0.15, 0.2) is 0 Å². The van der Waals surface area contributed by atoms with Gasteiger partial charge in [0.2, 0.25) is 5.88 Å². The zero-order chi connectivity index (χ0) is 16.3. The molecule has 0 aromatic carbocycles. The zero-order valence-corrected chi connectivity index (χ0v) is 12.5. The van der Waals surface area contributed by atoms with E-state index >= 15 is 0 Å². The first kappa shape index (κ1) is 15.4. The van der Waals surface area contributed by atoms with Crippen molar-refractivity contribution in [2.24, 2.45) is 0 Å². The SMILES string of the molecule is COc1ccc(Nc2nc(C)cc(C(=O)O)c2C(C)=N)cn1. The molecule has 2 heterocycles. The first-order chi connectivity index (χ1) is 10.4. The Hall–Kier alpha value is -2.96. The van der Waals surface area contributed by atoms with Gasteiger partial charge in [-0.25, -0.2) is 14.8 Å². The van der Waals surface area contributed by atoms with Gasteiger partial charge >= 0.3 is 5.97 Å². The summed E-state index contributed by atoms with van der Waals surface area (Å²) < 4.78 is 4.98. The molecule has 0 aliphatic heterocycles. The molecule has 3 N–H and O–H groups in total. The number of carboxylic acids is 1. The molecule has 7 heteroatoms. The summed E-state index contributed by atoms with van der Waals surface area (Å²) in [6.45, 7) is 3.23. The van der Waals surface area contributed by atoms with Crippen LogP contribution in [0.3, 0.4) is 0 Å². The summed E-state index contributed by atoms with van der Waals surface area (Å²) in [4.78, 5) is 19.8. The third-order valence-electron chi connectivity index (χ3n) is 2.96. The number of hydrogen-bond acceptors (Lipinski definition) is 6. The van der Waals surface area contributed by atoms with Crippen molar-refractivity contribution in [3.05, 3.63) is 41.2 Å². The van der Waals surface area contributed by atoms with Gasteiger partial charge < -0.3 is 20.6 Å². The summed E-state index contributed by atoms with van der Waals surface area (Å²) >= 11 is 0. The Balaban J connectivity index is 2.48. The molecule has 114 valence electrons. The second-order valence-corrected chi connectivity index (χ2v) is 4.68. The van der Waals surface area contributed by atoms with E-state index in [4.69, 9.17) is 10.1 Å². The number of carboxylic acid groups (broad SMARTS) is 1. The van der Waals surface area contributed by atoms with Gasteiger partial charge in [-0.1, -0.05) is 0 Å². The second-order valence-electron chi connectivity index (χ2n) is 4.68. The van der Waals surface area contributed by atoms with E-state index in [2.05, 4.69) is 15.3 Å². The van der Waals surface area contributed by atoms with Crippen LogP contribution in [0.5, 0.6) is 5.88 Å². The number of aromatic carboxylic acids is 1. The Kier molecular flexibility index (Phi) is 4.36. The fourth-order valence-corrected chi connectivity index (χ4v) is 2.02.